The number of halogens is 1. The van der Waals surface area contributed by atoms with Crippen LogP contribution in [0, 0.1) is 26.6 Å². The van der Waals surface area contributed by atoms with Gasteiger partial charge in [0.2, 0.25) is 5.91 Å². The van der Waals surface area contributed by atoms with Crippen LogP contribution < -0.4 is 11.1 Å². The van der Waals surface area contributed by atoms with E-state index in [1.165, 1.54) is 12.1 Å². The van der Waals surface area contributed by atoms with Crippen molar-refractivity contribution in [2.45, 2.75) is 27.2 Å². The molecule has 0 atom stereocenters. The van der Waals surface area contributed by atoms with Gasteiger partial charge in [0.15, 0.2) is 0 Å². The number of carbonyl (C=O) groups excluding carboxylic acids is 1. The lowest BCUT2D eigenvalue weighted by Crippen LogP contribution is -2.23. The molecule has 1 amide bonds. The Bertz CT molecular complexity index is 1040. The molecule has 0 aliphatic rings. The highest BCUT2D eigenvalue weighted by molar-refractivity contribution is 5.92. The molecular formula is C21H23FN4O. The average molecular weight is 366 g/mol. The average Bonchev–Trinajstić information content (AvgIpc) is 2.97. The number of carbonyl (C=O) groups is 1. The molecule has 2 aromatic heterocycles. The second kappa shape index (κ2) is 7.61. The van der Waals surface area contributed by atoms with Crippen LogP contribution in [0.4, 0.5) is 10.2 Å². The molecule has 4 N–H and O–H groups in total. The number of nitrogens with zero attached hydrogens (tertiary/aromatic N) is 1. The minimum Gasteiger partial charge on any atom is -0.383 e. The number of rotatable bonds is 5. The van der Waals surface area contributed by atoms with E-state index in [-0.39, 0.29) is 11.7 Å². The van der Waals surface area contributed by atoms with Gasteiger partial charge < -0.3 is 16.0 Å². The Balaban J connectivity index is 1.64. The highest BCUT2D eigenvalue weighted by Gasteiger charge is 2.13. The molecule has 27 heavy (non-hydrogen) atoms. The number of fused-ring (bicyclic) bond motifs is 1. The fourth-order valence-electron chi connectivity index (χ4n) is 3.20. The summed E-state index contributed by atoms with van der Waals surface area (Å²) >= 11 is 0. The lowest BCUT2D eigenvalue weighted by Gasteiger charge is -2.05. The van der Waals surface area contributed by atoms with Crippen LogP contribution in [-0.4, -0.2) is 22.4 Å². The van der Waals surface area contributed by atoms with Gasteiger partial charge in [-0.2, -0.15) is 0 Å². The molecule has 0 radical (unpaired) electrons. The van der Waals surface area contributed by atoms with Crippen molar-refractivity contribution in [3.8, 4) is 0 Å². The molecule has 6 heteroatoms. The smallest absolute Gasteiger partial charge is 0.244 e. The van der Waals surface area contributed by atoms with Crippen LogP contribution in [0.2, 0.25) is 0 Å². The van der Waals surface area contributed by atoms with Crippen LogP contribution >= 0.6 is 0 Å². The Morgan fingerprint density at radius 1 is 1.30 bits per heavy atom. The van der Waals surface area contributed by atoms with Gasteiger partial charge in [0.25, 0.3) is 0 Å². The predicted octanol–water partition coefficient (Wildman–Crippen LogP) is 3.58. The summed E-state index contributed by atoms with van der Waals surface area (Å²) in [6.07, 6.45) is 5.42. The summed E-state index contributed by atoms with van der Waals surface area (Å²) in [5.41, 5.74) is 10.9. The van der Waals surface area contributed by atoms with E-state index in [0.717, 1.165) is 33.3 Å². The zero-order valence-corrected chi connectivity index (χ0v) is 15.7. The molecule has 1 aromatic carbocycles. The largest absolute Gasteiger partial charge is 0.383 e. The topological polar surface area (TPSA) is 83.8 Å². The van der Waals surface area contributed by atoms with Crippen LogP contribution in [0.3, 0.4) is 0 Å². The van der Waals surface area contributed by atoms with Crippen molar-refractivity contribution in [3.63, 3.8) is 0 Å². The van der Waals surface area contributed by atoms with E-state index < -0.39 is 0 Å². The Morgan fingerprint density at radius 2 is 2.07 bits per heavy atom. The van der Waals surface area contributed by atoms with Crippen molar-refractivity contribution in [2.75, 3.05) is 12.3 Å². The molecule has 5 nitrogen and oxygen atoms in total. The molecule has 140 valence electrons. The lowest BCUT2D eigenvalue weighted by atomic mass is 10.0. The number of hydrogen-bond acceptors (Lipinski definition) is 3. The number of nitrogen functional groups attached to an aromatic ring is 1. The Kier molecular flexibility index (Phi) is 5.26. The van der Waals surface area contributed by atoms with Crippen molar-refractivity contribution in [3.05, 3.63) is 64.2 Å². The van der Waals surface area contributed by atoms with Gasteiger partial charge in [0, 0.05) is 29.9 Å². The summed E-state index contributed by atoms with van der Waals surface area (Å²) in [5, 5.41) is 3.77. The van der Waals surface area contributed by atoms with E-state index >= 15 is 0 Å². The van der Waals surface area contributed by atoms with E-state index in [0.29, 0.717) is 24.3 Å². The molecule has 0 saturated heterocycles. The van der Waals surface area contributed by atoms with Gasteiger partial charge >= 0.3 is 0 Å². The van der Waals surface area contributed by atoms with Crippen molar-refractivity contribution in [1.29, 1.82) is 0 Å². The molecule has 0 saturated carbocycles. The number of anilines is 1. The van der Waals surface area contributed by atoms with Gasteiger partial charge in [0.1, 0.15) is 11.6 Å². The van der Waals surface area contributed by atoms with Gasteiger partial charge in [-0.1, -0.05) is 6.07 Å². The molecule has 0 bridgehead atoms. The Morgan fingerprint density at radius 3 is 2.81 bits per heavy atom. The first-order chi connectivity index (χ1) is 12.9. The molecule has 0 aliphatic carbocycles. The Hall–Kier alpha value is -3.15. The van der Waals surface area contributed by atoms with Crippen molar-refractivity contribution >= 4 is 28.7 Å². The highest BCUT2D eigenvalue weighted by Crippen LogP contribution is 2.27. The summed E-state index contributed by atoms with van der Waals surface area (Å²) in [6, 6.07) is 5.12. The summed E-state index contributed by atoms with van der Waals surface area (Å²) in [6.45, 7) is 6.22. The van der Waals surface area contributed by atoms with Crippen LogP contribution in [0.1, 0.15) is 27.9 Å². The first-order valence-electron chi connectivity index (χ1n) is 8.81. The maximum absolute atomic E-state index is 14.0. The lowest BCUT2D eigenvalue weighted by molar-refractivity contribution is -0.116. The third-order valence-electron chi connectivity index (χ3n) is 4.67. The fraction of sp³-hybridized carbons (Fsp3) is 0.238. The molecule has 2 heterocycles. The van der Waals surface area contributed by atoms with Gasteiger partial charge in [-0.05, 0) is 67.7 Å². The van der Waals surface area contributed by atoms with Crippen molar-refractivity contribution in [2.24, 2.45) is 0 Å². The summed E-state index contributed by atoms with van der Waals surface area (Å²) < 4.78 is 14.0. The molecule has 0 fully saturated rings. The van der Waals surface area contributed by atoms with E-state index in [2.05, 4.69) is 15.3 Å². The zero-order valence-electron chi connectivity index (χ0n) is 15.7. The Labute approximate surface area is 157 Å². The molecule has 3 rings (SSSR count). The summed E-state index contributed by atoms with van der Waals surface area (Å²) in [7, 11) is 0. The molecule has 3 aromatic rings. The summed E-state index contributed by atoms with van der Waals surface area (Å²) in [5.74, 6) is 0.0339. The normalized spacial score (nSPS) is 11.4. The van der Waals surface area contributed by atoms with Crippen molar-refractivity contribution < 1.29 is 9.18 Å². The number of nitrogens with one attached hydrogen (secondary N) is 2. The maximum Gasteiger partial charge on any atom is 0.244 e. The highest BCUT2D eigenvalue weighted by atomic mass is 19.1. The number of aryl methyl sites for hydroxylation is 3. The number of nitrogens with two attached hydrogens (primary N) is 1. The number of aromatic amines is 1. The van der Waals surface area contributed by atoms with Gasteiger partial charge in [-0.3, -0.25) is 4.79 Å². The van der Waals surface area contributed by atoms with Crippen LogP contribution in [0.15, 0.2) is 30.5 Å². The third-order valence-corrected chi connectivity index (χ3v) is 4.67. The minimum atomic E-state index is -0.260. The predicted molar refractivity (Wildman–Crippen MR) is 107 cm³/mol. The number of hydrogen-bond donors (Lipinski definition) is 3. The number of pyridine rings is 1. The minimum absolute atomic E-state index is 0.190. The molecule has 0 spiro atoms. The number of amides is 1. The first-order valence-corrected chi connectivity index (χ1v) is 8.81. The third kappa shape index (κ3) is 4.00. The van der Waals surface area contributed by atoms with E-state index in [1.54, 1.807) is 18.3 Å². The molecule has 0 aliphatic heterocycles. The van der Waals surface area contributed by atoms with Crippen molar-refractivity contribution in [1.82, 2.24) is 15.3 Å². The van der Waals surface area contributed by atoms with Gasteiger partial charge in [-0.25, -0.2) is 9.37 Å². The van der Waals surface area contributed by atoms with Gasteiger partial charge in [-0.15, -0.1) is 0 Å². The SMILES string of the molecule is Cc1cc(C=CC(=O)NCCc2c(C)[nH]c3c(F)ccc(C)c23)cnc1N. The summed E-state index contributed by atoms with van der Waals surface area (Å²) in [4.78, 5) is 19.2. The number of H-pyrrole nitrogens is 1. The van der Waals surface area contributed by atoms with E-state index in [9.17, 15) is 9.18 Å². The fourth-order valence-corrected chi connectivity index (χ4v) is 3.20. The van der Waals surface area contributed by atoms with Crippen LogP contribution in [-0.2, 0) is 11.2 Å². The zero-order chi connectivity index (χ0) is 19.6. The van der Waals surface area contributed by atoms with Crippen LogP contribution in [0.5, 0.6) is 0 Å². The quantitative estimate of drug-likeness (QED) is 0.604. The number of aromatic nitrogens is 2. The van der Waals surface area contributed by atoms with Crippen LogP contribution in [0.25, 0.3) is 17.0 Å². The molecule has 0 unspecified atom stereocenters. The molecular weight excluding hydrogens is 343 g/mol. The second-order valence-electron chi connectivity index (χ2n) is 6.69. The van der Waals surface area contributed by atoms with E-state index in [4.69, 9.17) is 5.73 Å². The first kappa shape index (κ1) is 18.6. The van der Waals surface area contributed by atoms with Gasteiger partial charge in [0.05, 0.1) is 5.52 Å². The standard InChI is InChI=1S/C21H23FN4O/c1-12-4-6-17(22)20-19(12)16(14(3)26-20)8-9-24-18(27)7-5-15-10-13(2)21(23)25-11-15/h4-7,10-11,26H,8-9H2,1-3H3,(H2,23,25)(H,24,27). The monoisotopic (exact) mass is 366 g/mol. The second-order valence-corrected chi connectivity index (χ2v) is 6.69. The van der Waals surface area contributed by atoms with E-state index in [1.807, 2.05) is 26.8 Å². The number of benzene rings is 1. The maximum atomic E-state index is 14.0.